The highest BCUT2D eigenvalue weighted by Gasteiger charge is 2.16. The van der Waals surface area contributed by atoms with Gasteiger partial charge in [0.2, 0.25) is 5.91 Å². The quantitative estimate of drug-likeness (QED) is 0.697. The van der Waals surface area contributed by atoms with Gasteiger partial charge in [0, 0.05) is 18.9 Å². The molecule has 0 fully saturated rings. The first-order valence-electron chi connectivity index (χ1n) is 5.47. The Kier molecular flexibility index (Phi) is 5.14. The summed E-state index contributed by atoms with van der Waals surface area (Å²) in [5.41, 5.74) is 5.11. The van der Waals surface area contributed by atoms with Gasteiger partial charge in [0.1, 0.15) is 5.82 Å². The lowest BCUT2D eigenvalue weighted by molar-refractivity contribution is -0.134. The minimum Gasteiger partial charge on any atom is -0.481 e. The zero-order chi connectivity index (χ0) is 13.7. The van der Waals surface area contributed by atoms with E-state index in [4.69, 9.17) is 10.8 Å². The first kappa shape index (κ1) is 14.5. The van der Waals surface area contributed by atoms with Gasteiger partial charge in [-0.1, -0.05) is 25.6 Å². The van der Waals surface area contributed by atoms with Crippen LogP contribution in [0.25, 0.3) is 0 Å². The van der Waals surface area contributed by atoms with E-state index in [-0.39, 0.29) is 18.1 Å². The molecule has 100 valence electrons. The number of carbonyl (C=O) groups is 2. The van der Waals surface area contributed by atoms with Crippen LogP contribution in [-0.2, 0) is 16.1 Å². The molecule has 0 aliphatic rings. The summed E-state index contributed by atoms with van der Waals surface area (Å²) in [4.78, 5) is 21.4. The zero-order valence-electron chi connectivity index (χ0n) is 10.3. The van der Waals surface area contributed by atoms with Crippen molar-refractivity contribution in [1.29, 1.82) is 0 Å². The van der Waals surface area contributed by atoms with E-state index in [1.54, 1.807) is 4.57 Å². The molecule has 0 bridgehead atoms. The van der Waals surface area contributed by atoms with Crippen LogP contribution in [0.2, 0.25) is 0 Å². The Morgan fingerprint density at radius 3 is 2.61 bits per heavy atom. The Hall–Kier alpha value is -1.57. The fraction of sp³-hybridized carbons (Fsp3) is 0.600. The van der Waals surface area contributed by atoms with Crippen LogP contribution in [0.4, 0.5) is 0 Å². The van der Waals surface area contributed by atoms with Gasteiger partial charge in [-0.15, -0.1) is 10.2 Å². The fourth-order valence-electron chi connectivity index (χ4n) is 1.39. The number of thioether (sulfide) groups is 1. The first-order chi connectivity index (χ1) is 8.41. The van der Waals surface area contributed by atoms with Crippen molar-refractivity contribution in [3.8, 4) is 0 Å². The van der Waals surface area contributed by atoms with Crippen molar-refractivity contribution in [2.24, 2.45) is 5.73 Å². The van der Waals surface area contributed by atoms with Gasteiger partial charge in [0.05, 0.1) is 5.75 Å². The molecule has 0 saturated carbocycles. The van der Waals surface area contributed by atoms with Gasteiger partial charge in [-0.3, -0.25) is 9.59 Å². The van der Waals surface area contributed by atoms with Gasteiger partial charge < -0.3 is 15.4 Å². The van der Waals surface area contributed by atoms with Crippen LogP contribution in [0.3, 0.4) is 0 Å². The summed E-state index contributed by atoms with van der Waals surface area (Å²) in [5, 5.41) is 17.1. The number of primary amides is 1. The van der Waals surface area contributed by atoms with Crippen LogP contribution in [0, 0.1) is 0 Å². The SMILES string of the molecule is CC(C)c1nnc(SCC(=O)O)n1CCC(N)=O. The molecular formula is C10H16N4O3S. The van der Waals surface area contributed by atoms with Crippen molar-refractivity contribution < 1.29 is 14.7 Å². The van der Waals surface area contributed by atoms with Crippen molar-refractivity contribution in [2.75, 3.05) is 5.75 Å². The molecule has 7 nitrogen and oxygen atoms in total. The molecule has 18 heavy (non-hydrogen) atoms. The van der Waals surface area contributed by atoms with Gasteiger partial charge in [0.25, 0.3) is 0 Å². The van der Waals surface area contributed by atoms with Crippen molar-refractivity contribution in [1.82, 2.24) is 14.8 Å². The van der Waals surface area contributed by atoms with Crippen LogP contribution in [-0.4, -0.2) is 37.5 Å². The average Bonchev–Trinajstić information content (AvgIpc) is 2.66. The second-order valence-corrected chi connectivity index (χ2v) is 4.99. The van der Waals surface area contributed by atoms with E-state index in [2.05, 4.69) is 10.2 Å². The molecule has 0 unspecified atom stereocenters. The molecule has 0 saturated heterocycles. The number of carboxylic acids is 1. The summed E-state index contributed by atoms with van der Waals surface area (Å²) in [6.07, 6.45) is 0.179. The highest BCUT2D eigenvalue weighted by Crippen LogP contribution is 2.21. The van der Waals surface area contributed by atoms with Crippen LogP contribution in [0.15, 0.2) is 5.16 Å². The third kappa shape index (κ3) is 4.02. The Bertz CT molecular complexity index is 444. The fourth-order valence-corrected chi connectivity index (χ4v) is 2.08. The molecule has 0 aromatic carbocycles. The van der Waals surface area contributed by atoms with E-state index in [0.717, 1.165) is 17.6 Å². The first-order valence-corrected chi connectivity index (χ1v) is 6.46. The number of amides is 1. The number of aliphatic carboxylic acids is 1. The van der Waals surface area contributed by atoms with Crippen LogP contribution < -0.4 is 5.73 Å². The van der Waals surface area contributed by atoms with Gasteiger partial charge in [-0.25, -0.2) is 0 Å². The lowest BCUT2D eigenvalue weighted by atomic mass is 10.2. The van der Waals surface area contributed by atoms with Crippen molar-refractivity contribution in [2.45, 2.75) is 37.9 Å². The third-order valence-corrected chi connectivity index (χ3v) is 3.12. The molecular weight excluding hydrogens is 256 g/mol. The number of hydrogen-bond donors (Lipinski definition) is 2. The predicted molar refractivity (Wildman–Crippen MR) is 66.3 cm³/mol. The number of hydrogen-bond acceptors (Lipinski definition) is 5. The lowest BCUT2D eigenvalue weighted by Gasteiger charge is -2.10. The van der Waals surface area contributed by atoms with Crippen molar-refractivity contribution >= 4 is 23.6 Å². The van der Waals surface area contributed by atoms with E-state index in [9.17, 15) is 9.59 Å². The molecule has 1 aromatic rings. The maximum atomic E-state index is 10.8. The topological polar surface area (TPSA) is 111 Å². The molecule has 3 N–H and O–H groups in total. The second kappa shape index (κ2) is 6.39. The number of nitrogens with two attached hydrogens (primary N) is 1. The Morgan fingerprint density at radius 1 is 1.44 bits per heavy atom. The van der Waals surface area contributed by atoms with Gasteiger partial charge in [-0.2, -0.15) is 0 Å². The Balaban J connectivity index is 2.88. The molecule has 0 spiro atoms. The molecule has 1 aromatic heterocycles. The summed E-state index contributed by atoms with van der Waals surface area (Å²) in [6.45, 7) is 4.28. The van der Waals surface area contributed by atoms with E-state index in [0.29, 0.717) is 11.7 Å². The monoisotopic (exact) mass is 272 g/mol. The molecule has 1 heterocycles. The number of carboxylic acid groups (broad SMARTS) is 1. The van der Waals surface area contributed by atoms with Gasteiger partial charge in [0.15, 0.2) is 5.16 Å². The van der Waals surface area contributed by atoms with E-state index < -0.39 is 11.9 Å². The molecule has 0 atom stereocenters. The van der Waals surface area contributed by atoms with Crippen LogP contribution in [0.5, 0.6) is 0 Å². The minimum atomic E-state index is -0.921. The van der Waals surface area contributed by atoms with Gasteiger partial charge in [-0.05, 0) is 0 Å². The molecule has 0 radical (unpaired) electrons. The standard InChI is InChI=1S/C10H16N4O3S/c1-6(2)9-12-13-10(18-5-8(16)17)14(9)4-3-7(11)15/h6H,3-5H2,1-2H3,(H2,11,15)(H,16,17). The number of rotatable bonds is 7. The average molecular weight is 272 g/mol. The zero-order valence-corrected chi connectivity index (χ0v) is 11.1. The molecule has 0 aliphatic heterocycles. The summed E-state index contributed by atoms with van der Waals surface area (Å²) < 4.78 is 1.75. The summed E-state index contributed by atoms with van der Waals surface area (Å²) in [5.74, 6) is -0.552. The number of nitrogens with zero attached hydrogens (tertiary/aromatic N) is 3. The summed E-state index contributed by atoms with van der Waals surface area (Å²) >= 11 is 1.08. The van der Waals surface area contributed by atoms with Crippen LogP contribution in [0.1, 0.15) is 32.0 Å². The molecule has 1 amide bonds. The minimum absolute atomic E-state index is 0.0905. The highest BCUT2D eigenvalue weighted by molar-refractivity contribution is 7.99. The maximum absolute atomic E-state index is 10.8. The Labute approximate surface area is 109 Å². The van der Waals surface area contributed by atoms with Crippen molar-refractivity contribution in [3.05, 3.63) is 5.82 Å². The van der Waals surface area contributed by atoms with Crippen LogP contribution >= 0.6 is 11.8 Å². The normalized spacial score (nSPS) is 10.8. The van der Waals surface area contributed by atoms with E-state index in [1.165, 1.54) is 0 Å². The predicted octanol–water partition coefficient (Wildman–Crippen LogP) is 0.454. The largest absolute Gasteiger partial charge is 0.481 e. The third-order valence-electron chi connectivity index (χ3n) is 2.17. The summed E-state index contributed by atoms with van der Waals surface area (Å²) in [7, 11) is 0. The molecule has 0 aliphatic carbocycles. The number of aromatic nitrogens is 3. The molecule has 1 rings (SSSR count). The second-order valence-electron chi connectivity index (χ2n) is 4.05. The highest BCUT2D eigenvalue weighted by atomic mass is 32.2. The van der Waals surface area contributed by atoms with E-state index in [1.807, 2.05) is 13.8 Å². The van der Waals surface area contributed by atoms with Crippen molar-refractivity contribution in [3.63, 3.8) is 0 Å². The van der Waals surface area contributed by atoms with E-state index >= 15 is 0 Å². The maximum Gasteiger partial charge on any atom is 0.313 e. The summed E-state index contributed by atoms with van der Waals surface area (Å²) in [6, 6.07) is 0. The Morgan fingerprint density at radius 2 is 2.11 bits per heavy atom. The molecule has 8 heteroatoms. The smallest absolute Gasteiger partial charge is 0.313 e. The lowest BCUT2D eigenvalue weighted by Crippen LogP contribution is -2.16. The van der Waals surface area contributed by atoms with Gasteiger partial charge >= 0.3 is 5.97 Å². The number of carbonyl (C=O) groups excluding carboxylic acids is 1.